The molecular formula is C14H19FO3. The molecule has 1 aromatic carbocycles. The van der Waals surface area contributed by atoms with Gasteiger partial charge in [0.15, 0.2) is 0 Å². The first-order chi connectivity index (χ1) is 8.38. The Balaban J connectivity index is 3.09. The molecule has 0 spiro atoms. The van der Waals surface area contributed by atoms with E-state index in [9.17, 15) is 14.3 Å². The van der Waals surface area contributed by atoms with Crippen molar-refractivity contribution in [3.63, 3.8) is 0 Å². The predicted octanol–water partition coefficient (Wildman–Crippen LogP) is 2.61. The third kappa shape index (κ3) is 3.07. The smallest absolute Gasteiger partial charge is 0.311 e. The standard InChI is InChI=1S/C14H19FO3/c1-8(2)12(14(17)18-4)13(16)11-6-5-10(15)7-9(11)3/h5-8,12-13,16H,1-4H3. The van der Waals surface area contributed by atoms with Gasteiger partial charge in [-0.25, -0.2) is 4.39 Å². The lowest BCUT2D eigenvalue weighted by atomic mass is 9.85. The molecule has 2 unspecified atom stereocenters. The summed E-state index contributed by atoms with van der Waals surface area (Å²) >= 11 is 0. The first kappa shape index (κ1) is 14.6. The molecule has 0 bridgehead atoms. The monoisotopic (exact) mass is 254 g/mol. The number of benzene rings is 1. The lowest BCUT2D eigenvalue weighted by Crippen LogP contribution is -2.28. The van der Waals surface area contributed by atoms with E-state index in [1.807, 2.05) is 13.8 Å². The van der Waals surface area contributed by atoms with E-state index in [0.29, 0.717) is 11.1 Å². The summed E-state index contributed by atoms with van der Waals surface area (Å²) in [6.07, 6.45) is -0.988. The third-order valence-corrected chi connectivity index (χ3v) is 3.08. The summed E-state index contributed by atoms with van der Waals surface area (Å²) in [7, 11) is 1.29. The molecule has 18 heavy (non-hydrogen) atoms. The van der Waals surface area contributed by atoms with E-state index in [-0.39, 0.29) is 11.7 Å². The molecule has 0 aliphatic rings. The summed E-state index contributed by atoms with van der Waals surface area (Å²) in [6, 6.07) is 4.13. The first-order valence-electron chi connectivity index (χ1n) is 5.90. The number of esters is 1. The van der Waals surface area contributed by atoms with E-state index in [1.54, 1.807) is 6.92 Å². The molecule has 4 heteroatoms. The highest BCUT2D eigenvalue weighted by molar-refractivity contribution is 5.73. The van der Waals surface area contributed by atoms with Gasteiger partial charge in [0.2, 0.25) is 0 Å². The van der Waals surface area contributed by atoms with Crippen molar-refractivity contribution in [3.05, 3.63) is 35.1 Å². The van der Waals surface area contributed by atoms with Crippen LogP contribution in [0.4, 0.5) is 4.39 Å². The molecule has 0 amide bonds. The van der Waals surface area contributed by atoms with Crippen LogP contribution >= 0.6 is 0 Å². The van der Waals surface area contributed by atoms with Gasteiger partial charge in [0.25, 0.3) is 0 Å². The van der Waals surface area contributed by atoms with Crippen LogP contribution in [0.15, 0.2) is 18.2 Å². The molecule has 0 aliphatic heterocycles. The highest BCUT2D eigenvalue weighted by atomic mass is 19.1. The van der Waals surface area contributed by atoms with Crippen LogP contribution in [-0.2, 0) is 9.53 Å². The second-order valence-electron chi connectivity index (χ2n) is 4.74. The summed E-state index contributed by atoms with van der Waals surface area (Å²) in [6.45, 7) is 5.38. The van der Waals surface area contributed by atoms with Crippen LogP contribution in [0.25, 0.3) is 0 Å². The van der Waals surface area contributed by atoms with E-state index in [1.165, 1.54) is 25.3 Å². The average molecular weight is 254 g/mol. The minimum Gasteiger partial charge on any atom is -0.469 e. The fourth-order valence-corrected chi connectivity index (χ4v) is 2.07. The lowest BCUT2D eigenvalue weighted by molar-refractivity contribution is -0.152. The molecule has 0 heterocycles. The Bertz CT molecular complexity index is 429. The predicted molar refractivity (Wildman–Crippen MR) is 66.4 cm³/mol. The van der Waals surface area contributed by atoms with Crippen molar-refractivity contribution in [1.29, 1.82) is 0 Å². The molecular weight excluding hydrogens is 235 g/mol. The molecule has 0 fully saturated rings. The maximum absolute atomic E-state index is 13.0. The van der Waals surface area contributed by atoms with E-state index in [4.69, 9.17) is 4.74 Å². The van der Waals surface area contributed by atoms with Gasteiger partial charge in [-0.2, -0.15) is 0 Å². The molecule has 1 rings (SSSR count). The largest absolute Gasteiger partial charge is 0.469 e. The van der Waals surface area contributed by atoms with Crippen LogP contribution in [0, 0.1) is 24.6 Å². The SMILES string of the molecule is COC(=O)C(C(C)C)C(O)c1ccc(F)cc1C. The highest BCUT2D eigenvalue weighted by Crippen LogP contribution is 2.31. The van der Waals surface area contributed by atoms with Crippen LogP contribution in [0.5, 0.6) is 0 Å². The number of carbonyl (C=O) groups excluding carboxylic acids is 1. The molecule has 1 N–H and O–H groups in total. The first-order valence-corrected chi connectivity index (χ1v) is 5.90. The van der Waals surface area contributed by atoms with Crippen molar-refractivity contribution >= 4 is 5.97 Å². The number of aliphatic hydroxyl groups is 1. The third-order valence-electron chi connectivity index (χ3n) is 3.08. The van der Waals surface area contributed by atoms with E-state index in [0.717, 1.165) is 0 Å². The van der Waals surface area contributed by atoms with Crippen LogP contribution < -0.4 is 0 Å². The van der Waals surface area contributed by atoms with Crippen molar-refractivity contribution in [3.8, 4) is 0 Å². The number of halogens is 1. The molecule has 0 saturated carbocycles. The number of rotatable bonds is 4. The van der Waals surface area contributed by atoms with Crippen LogP contribution in [0.2, 0.25) is 0 Å². The minimum absolute atomic E-state index is 0.0723. The Kier molecular flexibility index (Phi) is 4.84. The van der Waals surface area contributed by atoms with Crippen molar-refractivity contribution < 1.29 is 19.0 Å². The maximum atomic E-state index is 13.0. The van der Waals surface area contributed by atoms with E-state index >= 15 is 0 Å². The zero-order valence-electron chi connectivity index (χ0n) is 11.1. The quantitative estimate of drug-likeness (QED) is 0.840. The Morgan fingerprint density at radius 2 is 2.00 bits per heavy atom. The van der Waals surface area contributed by atoms with Crippen molar-refractivity contribution in [2.45, 2.75) is 26.9 Å². The Morgan fingerprint density at radius 1 is 1.39 bits per heavy atom. The number of hydrogen-bond donors (Lipinski definition) is 1. The van der Waals surface area contributed by atoms with Crippen LogP contribution in [-0.4, -0.2) is 18.2 Å². The molecule has 1 aromatic rings. The number of hydrogen-bond acceptors (Lipinski definition) is 3. The maximum Gasteiger partial charge on any atom is 0.311 e. The molecule has 0 aromatic heterocycles. The van der Waals surface area contributed by atoms with Crippen molar-refractivity contribution in [1.82, 2.24) is 0 Å². The zero-order valence-corrected chi connectivity index (χ0v) is 11.1. The summed E-state index contributed by atoms with van der Waals surface area (Å²) in [5.74, 6) is -1.54. The number of methoxy groups -OCH3 is 1. The molecule has 3 nitrogen and oxygen atoms in total. The zero-order chi connectivity index (χ0) is 13.9. The summed E-state index contributed by atoms with van der Waals surface area (Å²) in [5.41, 5.74) is 1.18. The summed E-state index contributed by atoms with van der Waals surface area (Å²) < 4.78 is 17.7. The van der Waals surface area contributed by atoms with Gasteiger partial charge >= 0.3 is 5.97 Å². The van der Waals surface area contributed by atoms with Gasteiger partial charge in [-0.15, -0.1) is 0 Å². The second-order valence-corrected chi connectivity index (χ2v) is 4.74. The highest BCUT2D eigenvalue weighted by Gasteiger charge is 2.32. The molecule has 0 aliphatic carbocycles. The van der Waals surface area contributed by atoms with Gasteiger partial charge in [0, 0.05) is 0 Å². The summed E-state index contributed by atoms with van der Waals surface area (Å²) in [4.78, 5) is 11.7. The second kappa shape index (κ2) is 5.96. The van der Waals surface area contributed by atoms with Crippen LogP contribution in [0.3, 0.4) is 0 Å². The molecule has 0 radical (unpaired) electrons. The fourth-order valence-electron chi connectivity index (χ4n) is 2.07. The summed E-state index contributed by atoms with van der Waals surface area (Å²) in [5, 5.41) is 10.3. The fraction of sp³-hybridized carbons (Fsp3) is 0.500. The number of ether oxygens (including phenoxy) is 1. The Labute approximate surface area is 107 Å². The van der Waals surface area contributed by atoms with Gasteiger partial charge < -0.3 is 9.84 Å². The van der Waals surface area contributed by atoms with Crippen LogP contribution in [0.1, 0.15) is 31.1 Å². The average Bonchev–Trinajstić information content (AvgIpc) is 2.28. The topological polar surface area (TPSA) is 46.5 Å². The minimum atomic E-state index is -0.988. The van der Waals surface area contributed by atoms with Gasteiger partial charge in [0.05, 0.1) is 19.1 Å². The van der Waals surface area contributed by atoms with Crippen molar-refractivity contribution in [2.75, 3.05) is 7.11 Å². The van der Waals surface area contributed by atoms with Gasteiger partial charge in [0.1, 0.15) is 5.82 Å². The molecule has 2 atom stereocenters. The van der Waals surface area contributed by atoms with Gasteiger partial charge in [-0.05, 0) is 36.1 Å². The normalized spacial score (nSPS) is 14.4. The molecule has 100 valence electrons. The Hall–Kier alpha value is -1.42. The molecule has 0 saturated heterocycles. The van der Waals surface area contributed by atoms with Gasteiger partial charge in [-0.3, -0.25) is 4.79 Å². The number of carbonyl (C=O) groups is 1. The van der Waals surface area contributed by atoms with E-state index < -0.39 is 18.0 Å². The van der Waals surface area contributed by atoms with Crippen molar-refractivity contribution in [2.24, 2.45) is 11.8 Å². The lowest BCUT2D eigenvalue weighted by Gasteiger charge is -2.25. The number of aliphatic hydroxyl groups excluding tert-OH is 1. The number of aryl methyl sites for hydroxylation is 1. The van der Waals surface area contributed by atoms with E-state index in [2.05, 4.69) is 0 Å². The van der Waals surface area contributed by atoms with Gasteiger partial charge in [-0.1, -0.05) is 19.9 Å². The Morgan fingerprint density at radius 3 is 2.44 bits per heavy atom.